The van der Waals surface area contributed by atoms with E-state index in [1.165, 1.54) is 31.3 Å². The summed E-state index contributed by atoms with van der Waals surface area (Å²) in [5.74, 6) is -0.291. The number of anilines is 1. The molecule has 0 aromatic heterocycles. The van der Waals surface area contributed by atoms with E-state index in [4.69, 9.17) is 16.3 Å². The third-order valence-electron chi connectivity index (χ3n) is 3.87. The largest absolute Gasteiger partial charge is 0.383 e. The number of benzene rings is 2. The van der Waals surface area contributed by atoms with Gasteiger partial charge in [-0.15, -0.1) is 0 Å². The zero-order chi connectivity index (χ0) is 19.3. The minimum absolute atomic E-state index is 0.124. The fourth-order valence-corrected chi connectivity index (χ4v) is 3.73. The fraction of sp³-hybridized carbons (Fsp3) is 0.278. The second kappa shape index (κ2) is 8.53. The molecule has 0 fully saturated rings. The minimum Gasteiger partial charge on any atom is -0.383 e. The first-order valence-electron chi connectivity index (χ1n) is 7.89. The van der Waals surface area contributed by atoms with Crippen molar-refractivity contribution in [2.75, 3.05) is 31.6 Å². The molecular weight excluding hydrogens is 376 g/mol. The van der Waals surface area contributed by atoms with E-state index in [0.29, 0.717) is 29.4 Å². The molecule has 0 saturated heterocycles. The molecule has 2 rings (SSSR count). The summed E-state index contributed by atoms with van der Waals surface area (Å²) in [6.45, 7) is 2.56. The van der Waals surface area contributed by atoms with Crippen LogP contribution in [0.25, 0.3) is 0 Å². The zero-order valence-corrected chi connectivity index (χ0v) is 16.4. The van der Waals surface area contributed by atoms with Gasteiger partial charge in [0.25, 0.3) is 15.9 Å². The number of hydrogen-bond acceptors (Lipinski definition) is 4. The van der Waals surface area contributed by atoms with Crippen molar-refractivity contribution in [1.29, 1.82) is 0 Å². The summed E-state index contributed by atoms with van der Waals surface area (Å²) < 4.78 is 31.8. The monoisotopic (exact) mass is 396 g/mol. The Morgan fingerprint density at radius 2 is 1.85 bits per heavy atom. The normalized spacial score (nSPS) is 11.2. The van der Waals surface area contributed by atoms with Gasteiger partial charge in [-0.1, -0.05) is 17.7 Å². The quantitative estimate of drug-likeness (QED) is 0.730. The van der Waals surface area contributed by atoms with Gasteiger partial charge < -0.3 is 10.1 Å². The molecule has 140 valence electrons. The Bertz CT molecular complexity index is 883. The Labute approximate surface area is 158 Å². The van der Waals surface area contributed by atoms with Crippen molar-refractivity contribution >= 4 is 33.2 Å². The second-order valence-electron chi connectivity index (χ2n) is 5.68. The van der Waals surface area contributed by atoms with Gasteiger partial charge in [-0.05, 0) is 48.9 Å². The summed E-state index contributed by atoms with van der Waals surface area (Å²) in [5.41, 5.74) is 1.54. The van der Waals surface area contributed by atoms with Gasteiger partial charge in [0.1, 0.15) is 0 Å². The van der Waals surface area contributed by atoms with Crippen LogP contribution < -0.4 is 9.62 Å². The highest BCUT2D eigenvalue weighted by atomic mass is 35.5. The summed E-state index contributed by atoms with van der Waals surface area (Å²) in [6.07, 6.45) is 0. The second-order valence-corrected chi connectivity index (χ2v) is 8.08. The molecule has 2 aromatic carbocycles. The molecule has 8 heteroatoms. The highest BCUT2D eigenvalue weighted by Gasteiger charge is 2.23. The number of nitrogens with zero attached hydrogens (tertiary/aromatic N) is 1. The van der Waals surface area contributed by atoms with E-state index in [9.17, 15) is 13.2 Å². The SMILES string of the molecule is COCCNC(=O)c1ccc(C)c(N(C)S(=O)(=O)c2ccc(Cl)cc2)c1. The molecule has 0 radical (unpaired) electrons. The molecule has 0 spiro atoms. The highest BCUT2D eigenvalue weighted by Crippen LogP contribution is 2.27. The summed E-state index contributed by atoms with van der Waals surface area (Å²) >= 11 is 5.83. The minimum atomic E-state index is -3.77. The number of carbonyl (C=O) groups is 1. The molecule has 0 aliphatic heterocycles. The third kappa shape index (κ3) is 4.55. The predicted octanol–water partition coefficient (Wildman–Crippen LogP) is 2.85. The van der Waals surface area contributed by atoms with Crippen LogP contribution in [0.5, 0.6) is 0 Å². The van der Waals surface area contributed by atoms with E-state index >= 15 is 0 Å². The number of rotatable bonds is 7. The third-order valence-corrected chi connectivity index (χ3v) is 5.91. The van der Waals surface area contributed by atoms with Crippen LogP contribution in [-0.4, -0.2) is 41.6 Å². The first-order valence-corrected chi connectivity index (χ1v) is 9.71. The van der Waals surface area contributed by atoms with Crippen molar-refractivity contribution in [3.05, 3.63) is 58.6 Å². The molecule has 0 aliphatic carbocycles. The van der Waals surface area contributed by atoms with Crippen LogP contribution in [0, 0.1) is 6.92 Å². The van der Waals surface area contributed by atoms with E-state index in [2.05, 4.69) is 5.32 Å². The molecule has 6 nitrogen and oxygen atoms in total. The molecule has 0 aliphatic rings. The molecule has 0 heterocycles. The molecule has 0 saturated carbocycles. The van der Waals surface area contributed by atoms with Crippen LogP contribution in [0.1, 0.15) is 15.9 Å². The van der Waals surface area contributed by atoms with Crippen LogP contribution in [0.4, 0.5) is 5.69 Å². The molecular formula is C18H21ClN2O4S. The fourth-order valence-electron chi connectivity index (χ4n) is 2.35. The first kappa shape index (κ1) is 20.2. The van der Waals surface area contributed by atoms with Gasteiger partial charge in [0.05, 0.1) is 17.2 Å². The molecule has 0 bridgehead atoms. The lowest BCUT2D eigenvalue weighted by Crippen LogP contribution is -2.29. The van der Waals surface area contributed by atoms with Crippen molar-refractivity contribution in [2.45, 2.75) is 11.8 Å². The maximum atomic E-state index is 12.9. The van der Waals surface area contributed by atoms with Crippen LogP contribution in [0.2, 0.25) is 5.02 Å². The van der Waals surface area contributed by atoms with Crippen molar-refractivity contribution in [3.63, 3.8) is 0 Å². The Hall–Kier alpha value is -2.09. The number of nitrogens with one attached hydrogen (secondary N) is 1. The zero-order valence-electron chi connectivity index (χ0n) is 14.8. The summed E-state index contributed by atoms with van der Waals surface area (Å²) in [6, 6.07) is 10.9. The average molecular weight is 397 g/mol. The number of methoxy groups -OCH3 is 1. The van der Waals surface area contributed by atoms with E-state index in [1.54, 1.807) is 32.2 Å². The van der Waals surface area contributed by atoms with Gasteiger partial charge in [0.15, 0.2) is 0 Å². The molecule has 0 atom stereocenters. The summed E-state index contributed by atoms with van der Waals surface area (Å²) in [5, 5.41) is 3.17. The Morgan fingerprint density at radius 3 is 2.46 bits per heavy atom. The van der Waals surface area contributed by atoms with Crippen LogP contribution in [0.15, 0.2) is 47.4 Å². The van der Waals surface area contributed by atoms with E-state index in [1.807, 2.05) is 0 Å². The molecule has 2 aromatic rings. The highest BCUT2D eigenvalue weighted by molar-refractivity contribution is 7.92. The van der Waals surface area contributed by atoms with Crippen LogP contribution >= 0.6 is 11.6 Å². The van der Waals surface area contributed by atoms with Crippen molar-refractivity contribution in [1.82, 2.24) is 5.32 Å². The smallest absolute Gasteiger partial charge is 0.264 e. The van der Waals surface area contributed by atoms with Crippen molar-refractivity contribution < 1.29 is 17.9 Å². The Morgan fingerprint density at radius 1 is 1.19 bits per heavy atom. The molecule has 1 amide bonds. The van der Waals surface area contributed by atoms with Crippen LogP contribution in [-0.2, 0) is 14.8 Å². The van der Waals surface area contributed by atoms with Crippen molar-refractivity contribution in [3.8, 4) is 0 Å². The standard InChI is InChI=1S/C18H21ClN2O4S/c1-13-4-5-14(18(22)20-10-11-25-3)12-17(13)21(2)26(23,24)16-8-6-15(19)7-9-16/h4-9,12H,10-11H2,1-3H3,(H,20,22). The molecule has 0 unspecified atom stereocenters. The number of carbonyl (C=O) groups excluding carboxylic acids is 1. The van der Waals surface area contributed by atoms with Gasteiger partial charge >= 0.3 is 0 Å². The topological polar surface area (TPSA) is 75.7 Å². The van der Waals surface area contributed by atoms with Gasteiger partial charge in [-0.2, -0.15) is 0 Å². The van der Waals surface area contributed by atoms with Crippen LogP contribution in [0.3, 0.4) is 0 Å². The predicted molar refractivity (Wildman–Crippen MR) is 102 cm³/mol. The maximum absolute atomic E-state index is 12.9. The molecule has 1 N–H and O–H groups in total. The van der Waals surface area contributed by atoms with Gasteiger partial charge in [-0.25, -0.2) is 8.42 Å². The number of amides is 1. The molecule has 26 heavy (non-hydrogen) atoms. The average Bonchev–Trinajstić information content (AvgIpc) is 2.62. The summed E-state index contributed by atoms with van der Waals surface area (Å²) in [4.78, 5) is 12.3. The van der Waals surface area contributed by atoms with Crippen molar-refractivity contribution in [2.24, 2.45) is 0 Å². The number of sulfonamides is 1. The van der Waals surface area contributed by atoms with Gasteiger partial charge in [-0.3, -0.25) is 9.10 Å². The summed E-state index contributed by atoms with van der Waals surface area (Å²) in [7, 11) is -0.766. The van der Waals surface area contributed by atoms with Gasteiger partial charge in [0.2, 0.25) is 0 Å². The number of hydrogen-bond donors (Lipinski definition) is 1. The number of halogens is 1. The number of ether oxygens (including phenoxy) is 1. The maximum Gasteiger partial charge on any atom is 0.264 e. The lowest BCUT2D eigenvalue weighted by Gasteiger charge is -2.22. The van der Waals surface area contributed by atoms with E-state index in [-0.39, 0.29) is 10.8 Å². The lowest BCUT2D eigenvalue weighted by atomic mass is 10.1. The Balaban J connectivity index is 2.33. The Kier molecular flexibility index (Phi) is 6.63. The first-order chi connectivity index (χ1) is 12.3. The number of aryl methyl sites for hydroxylation is 1. The lowest BCUT2D eigenvalue weighted by molar-refractivity contribution is 0.0937. The van der Waals surface area contributed by atoms with Gasteiger partial charge in [0, 0.05) is 31.3 Å². The van der Waals surface area contributed by atoms with E-state index in [0.717, 1.165) is 9.87 Å². The van der Waals surface area contributed by atoms with E-state index < -0.39 is 10.0 Å².